The van der Waals surface area contributed by atoms with E-state index in [1.165, 1.54) is 12.2 Å². The van der Waals surface area contributed by atoms with Crippen LogP contribution in [0.3, 0.4) is 0 Å². The molecule has 0 saturated carbocycles. The van der Waals surface area contributed by atoms with E-state index in [0.717, 1.165) is 0 Å². The minimum atomic E-state index is 0.378. The lowest BCUT2D eigenvalue weighted by Gasteiger charge is -1.90. The molecule has 0 radical (unpaired) electrons. The van der Waals surface area contributed by atoms with E-state index in [1.807, 2.05) is 26.0 Å². The molecule has 0 aliphatic rings. The second kappa shape index (κ2) is 11.0. The van der Waals surface area contributed by atoms with Crippen molar-refractivity contribution in [3.05, 3.63) is 12.7 Å². The van der Waals surface area contributed by atoms with E-state index < -0.39 is 0 Å². The Labute approximate surface area is 62.1 Å². The van der Waals surface area contributed by atoms with Crippen LogP contribution in [0.1, 0.15) is 0 Å². The van der Waals surface area contributed by atoms with E-state index in [2.05, 4.69) is 11.6 Å². The maximum absolute atomic E-state index is 9.22. The van der Waals surface area contributed by atoms with Gasteiger partial charge in [0.25, 0.3) is 0 Å². The molecule has 0 fully saturated rings. The highest BCUT2D eigenvalue weighted by Gasteiger charge is 1.58. The molecule has 0 aliphatic heterocycles. The van der Waals surface area contributed by atoms with Gasteiger partial charge < -0.3 is 4.90 Å². The predicted molar refractivity (Wildman–Crippen MR) is 42.8 cm³/mol. The van der Waals surface area contributed by atoms with Crippen LogP contribution in [0.2, 0.25) is 0 Å². The third kappa shape index (κ3) is 60.5. The number of aliphatic imine (C=N–C) groups is 1. The van der Waals surface area contributed by atoms with Crippen molar-refractivity contribution in [2.24, 2.45) is 4.99 Å². The molecule has 0 aromatic rings. The maximum Gasteiger partial charge on any atom is 0.235 e. The van der Waals surface area contributed by atoms with Gasteiger partial charge in [-0.2, -0.15) is 0 Å². The van der Waals surface area contributed by atoms with Gasteiger partial charge in [-0.25, -0.2) is 9.79 Å². The number of rotatable bonds is 2. The van der Waals surface area contributed by atoms with Gasteiger partial charge in [0, 0.05) is 0 Å². The molecule has 0 rings (SSSR count). The van der Waals surface area contributed by atoms with Gasteiger partial charge in [-0.1, -0.05) is 6.08 Å². The Morgan fingerprint density at radius 3 is 2.10 bits per heavy atom. The largest absolute Gasteiger partial charge is 0.312 e. The number of hydrogen-bond acceptors (Lipinski definition) is 3. The Bertz CT molecular complexity index is 112. The van der Waals surface area contributed by atoms with Crippen LogP contribution in [0.25, 0.3) is 0 Å². The first-order valence-electron chi connectivity index (χ1n) is 2.90. The SMILES string of the molecule is C=CCN=C=O.CN(C)C. The van der Waals surface area contributed by atoms with Crippen LogP contribution in [-0.4, -0.2) is 38.7 Å². The zero-order valence-corrected chi connectivity index (χ0v) is 6.79. The summed E-state index contributed by atoms with van der Waals surface area (Å²) in [4.78, 5) is 14.4. The minimum Gasteiger partial charge on any atom is -0.312 e. The van der Waals surface area contributed by atoms with Crippen LogP contribution in [0, 0.1) is 0 Å². The molecule has 58 valence electrons. The molecule has 0 N–H and O–H groups in total. The third-order valence-corrected chi connectivity index (χ3v) is 0.285. The van der Waals surface area contributed by atoms with Crippen LogP contribution in [-0.2, 0) is 4.79 Å². The second-order valence-corrected chi connectivity index (χ2v) is 2.06. The molecule has 3 nitrogen and oxygen atoms in total. The Morgan fingerprint density at radius 2 is 2.00 bits per heavy atom. The fraction of sp³-hybridized carbons (Fsp3) is 0.571. The topological polar surface area (TPSA) is 32.7 Å². The molecular weight excluding hydrogens is 128 g/mol. The van der Waals surface area contributed by atoms with Gasteiger partial charge in [0.2, 0.25) is 6.08 Å². The molecule has 0 aromatic heterocycles. The van der Waals surface area contributed by atoms with Crippen LogP contribution in [0.15, 0.2) is 17.6 Å². The lowest BCUT2D eigenvalue weighted by atomic mass is 10.7. The first-order chi connectivity index (χ1) is 4.65. The molecule has 0 aliphatic carbocycles. The average Bonchev–Trinajstić information content (AvgIpc) is 1.82. The predicted octanol–water partition coefficient (Wildman–Crippen LogP) is 0.686. The lowest BCUT2D eigenvalue weighted by molar-refractivity contribution is 0.505. The van der Waals surface area contributed by atoms with E-state index in [9.17, 15) is 4.79 Å². The van der Waals surface area contributed by atoms with E-state index in [1.54, 1.807) is 0 Å². The fourth-order valence-electron chi connectivity index (χ4n) is 0.102. The highest BCUT2D eigenvalue weighted by atomic mass is 16.1. The summed E-state index contributed by atoms with van der Waals surface area (Å²) in [6.45, 7) is 3.70. The van der Waals surface area contributed by atoms with Gasteiger partial charge in [0.1, 0.15) is 0 Å². The van der Waals surface area contributed by atoms with E-state index >= 15 is 0 Å². The molecule has 10 heavy (non-hydrogen) atoms. The highest BCUT2D eigenvalue weighted by molar-refractivity contribution is 5.33. The number of hydrogen-bond donors (Lipinski definition) is 0. The summed E-state index contributed by atoms with van der Waals surface area (Å²) in [5.41, 5.74) is 0. The van der Waals surface area contributed by atoms with Gasteiger partial charge in [-0.05, 0) is 21.1 Å². The maximum atomic E-state index is 9.22. The quantitative estimate of drug-likeness (QED) is 0.323. The third-order valence-electron chi connectivity index (χ3n) is 0.285. The van der Waals surface area contributed by atoms with Gasteiger partial charge in [0.05, 0.1) is 6.54 Å². The molecule has 0 unspecified atom stereocenters. The molecule has 0 bridgehead atoms. The van der Waals surface area contributed by atoms with Crippen molar-refractivity contribution in [3.8, 4) is 0 Å². The Hall–Kier alpha value is -0.920. The number of isocyanates is 1. The van der Waals surface area contributed by atoms with Gasteiger partial charge in [0.15, 0.2) is 0 Å². The van der Waals surface area contributed by atoms with Crippen LogP contribution >= 0.6 is 0 Å². The van der Waals surface area contributed by atoms with E-state index in [4.69, 9.17) is 0 Å². The summed E-state index contributed by atoms with van der Waals surface area (Å²) >= 11 is 0. The Kier molecular flexibility index (Phi) is 13.0. The molecule has 0 atom stereocenters. The molecule has 0 heterocycles. The fourth-order valence-corrected chi connectivity index (χ4v) is 0.102. The summed E-state index contributed by atoms with van der Waals surface area (Å²) < 4.78 is 0. The van der Waals surface area contributed by atoms with E-state index in [-0.39, 0.29) is 0 Å². The lowest BCUT2D eigenvalue weighted by Crippen LogP contribution is -1.99. The molecule has 0 spiro atoms. The van der Waals surface area contributed by atoms with Crippen LogP contribution in [0.4, 0.5) is 0 Å². The highest BCUT2D eigenvalue weighted by Crippen LogP contribution is 1.61. The molecule has 0 saturated heterocycles. The van der Waals surface area contributed by atoms with Crippen molar-refractivity contribution in [1.29, 1.82) is 0 Å². The average molecular weight is 142 g/mol. The summed E-state index contributed by atoms with van der Waals surface area (Å²) in [5.74, 6) is 0. The smallest absolute Gasteiger partial charge is 0.235 e. The zero-order valence-electron chi connectivity index (χ0n) is 6.79. The monoisotopic (exact) mass is 142 g/mol. The zero-order chi connectivity index (χ0) is 8.41. The first kappa shape index (κ1) is 11.8. The van der Waals surface area contributed by atoms with Crippen molar-refractivity contribution in [1.82, 2.24) is 4.90 Å². The van der Waals surface area contributed by atoms with Crippen molar-refractivity contribution < 1.29 is 4.79 Å². The minimum absolute atomic E-state index is 0.378. The molecular formula is C7H14N2O. The van der Waals surface area contributed by atoms with E-state index in [0.29, 0.717) is 6.54 Å². The van der Waals surface area contributed by atoms with Gasteiger partial charge >= 0.3 is 0 Å². The van der Waals surface area contributed by atoms with Crippen molar-refractivity contribution in [2.75, 3.05) is 27.7 Å². The summed E-state index contributed by atoms with van der Waals surface area (Å²) in [7, 11) is 6.00. The van der Waals surface area contributed by atoms with Crippen molar-refractivity contribution >= 4 is 6.08 Å². The number of nitrogens with zero attached hydrogens (tertiary/aromatic N) is 2. The summed E-state index contributed by atoms with van der Waals surface area (Å²) in [5, 5.41) is 0. The van der Waals surface area contributed by atoms with Crippen LogP contribution < -0.4 is 0 Å². The molecule has 3 heteroatoms. The number of carbonyl (C=O) groups excluding carboxylic acids is 1. The Morgan fingerprint density at radius 1 is 1.60 bits per heavy atom. The molecule has 0 aromatic carbocycles. The van der Waals surface area contributed by atoms with Crippen LogP contribution in [0.5, 0.6) is 0 Å². The summed E-state index contributed by atoms with van der Waals surface area (Å²) in [6.07, 6.45) is 2.90. The van der Waals surface area contributed by atoms with Gasteiger partial charge in [-0.15, -0.1) is 6.58 Å². The standard InChI is InChI=1S/C4H5NO.C3H9N/c1-2-3-5-4-6;1-4(2)3/h2H,1,3H2;1-3H3. The Balaban J connectivity index is 0. The second-order valence-electron chi connectivity index (χ2n) is 2.06. The van der Waals surface area contributed by atoms with Crippen molar-refractivity contribution in [2.45, 2.75) is 0 Å². The first-order valence-corrected chi connectivity index (χ1v) is 2.90. The normalized spacial score (nSPS) is 7.20. The summed E-state index contributed by atoms with van der Waals surface area (Å²) in [6, 6.07) is 0. The molecule has 0 amide bonds. The van der Waals surface area contributed by atoms with Gasteiger partial charge in [-0.3, -0.25) is 0 Å². The van der Waals surface area contributed by atoms with Crippen molar-refractivity contribution in [3.63, 3.8) is 0 Å².